The van der Waals surface area contributed by atoms with Gasteiger partial charge in [-0.3, -0.25) is 4.79 Å². The topological polar surface area (TPSA) is 98.6 Å². The van der Waals surface area contributed by atoms with Crippen LogP contribution in [-0.4, -0.2) is 27.2 Å². The third kappa shape index (κ3) is 3.68. The molecule has 0 aliphatic rings. The Labute approximate surface area is 128 Å². The lowest BCUT2D eigenvalue weighted by atomic mass is 10.2. The molecule has 7 heteroatoms. The van der Waals surface area contributed by atoms with Crippen molar-refractivity contribution >= 4 is 11.6 Å². The van der Waals surface area contributed by atoms with Crippen LogP contribution < -0.4 is 4.90 Å². The molecule has 1 aromatic carbocycles. The molecule has 0 fully saturated rings. The van der Waals surface area contributed by atoms with Crippen molar-refractivity contribution in [2.75, 3.05) is 11.4 Å². The molecular weight excluding hydrogens is 280 g/mol. The normalized spacial score (nSPS) is 9.77. The van der Waals surface area contributed by atoms with Gasteiger partial charge in [-0.1, -0.05) is 17.7 Å². The molecule has 0 N–H and O–H groups in total. The highest BCUT2D eigenvalue weighted by atomic mass is 16.2. The molecule has 1 aromatic heterocycles. The highest BCUT2D eigenvalue weighted by Crippen LogP contribution is 2.16. The highest BCUT2D eigenvalue weighted by Gasteiger charge is 2.16. The first-order valence-corrected chi connectivity index (χ1v) is 6.67. The molecule has 0 bridgehead atoms. The fourth-order valence-electron chi connectivity index (χ4n) is 1.93. The smallest absolute Gasteiger partial charge is 0.252 e. The predicted octanol–water partition coefficient (Wildman–Crippen LogP) is 1.41. The summed E-state index contributed by atoms with van der Waals surface area (Å²) < 4.78 is 1.31. The number of anilines is 1. The summed E-state index contributed by atoms with van der Waals surface area (Å²) in [4.78, 5) is 17.7. The molecule has 0 saturated heterocycles. The van der Waals surface area contributed by atoms with Crippen molar-refractivity contribution in [2.24, 2.45) is 0 Å². The minimum absolute atomic E-state index is 0.0201. The van der Waals surface area contributed by atoms with Gasteiger partial charge in [0.1, 0.15) is 18.9 Å². The minimum atomic E-state index is -0.214. The number of hydrogen-bond donors (Lipinski definition) is 0. The van der Waals surface area contributed by atoms with Crippen LogP contribution in [0, 0.1) is 29.6 Å². The Morgan fingerprint density at radius 3 is 2.64 bits per heavy atom. The molecule has 0 atom stereocenters. The first kappa shape index (κ1) is 15.2. The Bertz CT molecular complexity index is 735. The quantitative estimate of drug-likeness (QED) is 0.830. The zero-order valence-corrected chi connectivity index (χ0v) is 12.1. The van der Waals surface area contributed by atoms with Gasteiger partial charge in [-0.15, -0.1) is 5.10 Å². The van der Waals surface area contributed by atoms with Crippen LogP contribution in [0.4, 0.5) is 5.69 Å². The van der Waals surface area contributed by atoms with E-state index in [9.17, 15) is 4.79 Å². The summed E-state index contributed by atoms with van der Waals surface area (Å²) in [5.74, 6) is -0.194. The summed E-state index contributed by atoms with van der Waals surface area (Å²) in [6.07, 6.45) is 1.58. The van der Waals surface area contributed by atoms with Gasteiger partial charge >= 0.3 is 0 Å². The van der Waals surface area contributed by atoms with Crippen LogP contribution in [-0.2, 0) is 11.3 Å². The first-order chi connectivity index (χ1) is 10.6. The summed E-state index contributed by atoms with van der Waals surface area (Å²) in [7, 11) is 0. The van der Waals surface area contributed by atoms with Gasteiger partial charge in [0.05, 0.1) is 12.5 Å². The van der Waals surface area contributed by atoms with Gasteiger partial charge in [-0.25, -0.2) is 9.67 Å². The van der Waals surface area contributed by atoms with Gasteiger partial charge < -0.3 is 4.90 Å². The molecule has 0 aliphatic carbocycles. The minimum Gasteiger partial charge on any atom is -0.310 e. The molecule has 2 rings (SSSR count). The number of hydrogen-bond acceptors (Lipinski definition) is 5. The summed E-state index contributed by atoms with van der Waals surface area (Å²) in [5, 5.41) is 21.3. The summed E-state index contributed by atoms with van der Waals surface area (Å²) in [6, 6.07) is 11.3. The number of nitrogens with zero attached hydrogens (tertiary/aromatic N) is 6. The monoisotopic (exact) mass is 294 g/mol. The second-order valence-electron chi connectivity index (χ2n) is 4.67. The number of nitriles is 2. The van der Waals surface area contributed by atoms with Crippen LogP contribution in [0.15, 0.2) is 30.6 Å². The third-order valence-corrected chi connectivity index (χ3v) is 3.03. The van der Waals surface area contributed by atoms with Crippen LogP contribution in [0.1, 0.15) is 17.8 Å². The van der Waals surface area contributed by atoms with Crippen molar-refractivity contribution in [3.8, 4) is 12.1 Å². The SMILES string of the molecule is Cc1ccc(N(CCC#N)C(=O)Cn2cnc(C#N)n2)cc1. The molecule has 1 heterocycles. The number of aryl methyl sites for hydroxylation is 1. The lowest BCUT2D eigenvalue weighted by Crippen LogP contribution is -2.34. The zero-order chi connectivity index (χ0) is 15.9. The molecule has 0 aliphatic heterocycles. The number of benzene rings is 1. The first-order valence-electron chi connectivity index (χ1n) is 6.67. The molecule has 1 amide bonds. The van der Waals surface area contributed by atoms with E-state index in [4.69, 9.17) is 10.5 Å². The van der Waals surface area contributed by atoms with Gasteiger partial charge in [0.15, 0.2) is 0 Å². The average molecular weight is 294 g/mol. The molecule has 2 aromatic rings. The van der Waals surface area contributed by atoms with E-state index in [1.807, 2.05) is 43.3 Å². The molecular formula is C15H14N6O. The maximum Gasteiger partial charge on any atom is 0.252 e. The Morgan fingerprint density at radius 2 is 2.05 bits per heavy atom. The van der Waals surface area contributed by atoms with Crippen LogP contribution >= 0.6 is 0 Å². The lowest BCUT2D eigenvalue weighted by Gasteiger charge is -2.21. The van der Waals surface area contributed by atoms with E-state index in [0.29, 0.717) is 6.54 Å². The Kier molecular flexibility index (Phi) is 4.84. The maximum absolute atomic E-state index is 12.4. The number of rotatable bonds is 5. The van der Waals surface area contributed by atoms with Crippen molar-refractivity contribution in [1.29, 1.82) is 10.5 Å². The standard InChI is InChI=1S/C15H14N6O/c1-12-3-5-13(6-4-12)21(8-2-7-16)15(22)10-20-11-18-14(9-17)19-20/h3-6,11H,2,8,10H2,1H3. The predicted molar refractivity (Wildman–Crippen MR) is 78.5 cm³/mol. The number of carbonyl (C=O) groups excluding carboxylic acids is 1. The summed E-state index contributed by atoms with van der Waals surface area (Å²) >= 11 is 0. The number of amides is 1. The molecule has 110 valence electrons. The molecule has 0 unspecified atom stereocenters. The number of carbonyl (C=O) groups is 1. The molecule has 7 nitrogen and oxygen atoms in total. The van der Waals surface area contributed by atoms with Crippen molar-refractivity contribution in [3.63, 3.8) is 0 Å². The van der Waals surface area contributed by atoms with E-state index >= 15 is 0 Å². The Hall–Kier alpha value is -3.19. The van der Waals surface area contributed by atoms with Gasteiger partial charge in [-0.05, 0) is 19.1 Å². The zero-order valence-electron chi connectivity index (χ0n) is 12.1. The van der Waals surface area contributed by atoms with Gasteiger partial charge in [-0.2, -0.15) is 10.5 Å². The Balaban J connectivity index is 2.17. The van der Waals surface area contributed by atoms with Crippen molar-refractivity contribution < 1.29 is 4.79 Å². The van der Waals surface area contributed by atoms with Crippen LogP contribution in [0.5, 0.6) is 0 Å². The fraction of sp³-hybridized carbons (Fsp3) is 0.267. The highest BCUT2D eigenvalue weighted by molar-refractivity contribution is 5.93. The van der Waals surface area contributed by atoms with Crippen LogP contribution in [0.2, 0.25) is 0 Å². The molecule has 0 radical (unpaired) electrons. The second-order valence-corrected chi connectivity index (χ2v) is 4.67. The second kappa shape index (κ2) is 7.00. The average Bonchev–Trinajstić information content (AvgIpc) is 2.97. The molecule has 0 spiro atoms. The van der Waals surface area contributed by atoms with E-state index in [1.54, 1.807) is 0 Å². The van der Waals surface area contributed by atoms with Crippen LogP contribution in [0.3, 0.4) is 0 Å². The van der Waals surface area contributed by atoms with E-state index in [2.05, 4.69) is 10.1 Å². The fourth-order valence-corrected chi connectivity index (χ4v) is 1.93. The van der Waals surface area contributed by atoms with E-state index in [1.165, 1.54) is 15.9 Å². The molecule has 0 saturated carbocycles. The van der Waals surface area contributed by atoms with E-state index in [-0.39, 0.29) is 24.7 Å². The number of aromatic nitrogens is 3. The van der Waals surface area contributed by atoms with Crippen molar-refractivity contribution in [1.82, 2.24) is 14.8 Å². The van der Waals surface area contributed by atoms with E-state index < -0.39 is 0 Å². The van der Waals surface area contributed by atoms with E-state index in [0.717, 1.165) is 11.3 Å². The van der Waals surface area contributed by atoms with Crippen molar-refractivity contribution in [2.45, 2.75) is 19.9 Å². The summed E-state index contributed by atoms with van der Waals surface area (Å²) in [6.45, 7) is 2.23. The largest absolute Gasteiger partial charge is 0.310 e. The van der Waals surface area contributed by atoms with Crippen molar-refractivity contribution in [3.05, 3.63) is 42.0 Å². The van der Waals surface area contributed by atoms with Gasteiger partial charge in [0.25, 0.3) is 5.82 Å². The maximum atomic E-state index is 12.4. The van der Waals surface area contributed by atoms with Gasteiger partial charge in [0.2, 0.25) is 5.91 Å². The lowest BCUT2D eigenvalue weighted by molar-refractivity contribution is -0.119. The third-order valence-electron chi connectivity index (χ3n) is 3.03. The molecule has 22 heavy (non-hydrogen) atoms. The van der Waals surface area contributed by atoms with Crippen LogP contribution in [0.25, 0.3) is 0 Å². The summed E-state index contributed by atoms with van der Waals surface area (Å²) in [5.41, 5.74) is 1.82. The Morgan fingerprint density at radius 1 is 1.32 bits per heavy atom. The van der Waals surface area contributed by atoms with Gasteiger partial charge in [0, 0.05) is 12.2 Å².